The van der Waals surface area contributed by atoms with Crippen LogP contribution in [0.1, 0.15) is 44.1 Å². The van der Waals surface area contributed by atoms with Crippen LogP contribution in [0.2, 0.25) is 0 Å². The van der Waals surface area contributed by atoms with Crippen LogP contribution in [0, 0.1) is 24.7 Å². The number of anilines is 1. The summed E-state index contributed by atoms with van der Waals surface area (Å²) in [5.41, 5.74) is 8.99. The highest BCUT2D eigenvalue weighted by molar-refractivity contribution is 5.61. The molecule has 0 amide bonds. The zero-order chi connectivity index (χ0) is 22.4. The third-order valence-electron chi connectivity index (χ3n) is 7.83. The average molecular weight is 441 g/mol. The quantitative estimate of drug-likeness (QED) is 0.713. The van der Waals surface area contributed by atoms with Gasteiger partial charge in [0.25, 0.3) is 0 Å². The number of hydrogen-bond donors (Lipinski definition) is 1. The summed E-state index contributed by atoms with van der Waals surface area (Å²) in [7, 11) is 0. The van der Waals surface area contributed by atoms with Crippen molar-refractivity contribution >= 4 is 5.82 Å². The summed E-state index contributed by atoms with van der Waals surface area (Å²) in [6.07, 6.45) is 7.68. The maximum atomic E-state index is 12.6. The van der Waals surface area contributed by atoms with Gasteiger partial charge in [-0.25, -0.2) is 14.4 Å². The lowest BCUT2D eigenvalue weighted by Gasteiger charge is -2.38. The molecule has 2 saturated carbocycles. The van der Waals surface area contributed by atoms with E-state index in [4.69, 9.17) is 10.7 Å². The lowest BCUT2D eigenvalue weighted by molar-refractivity contribution is 0.0873. The number of fused-ring (bicyclic) bond motifs is 1. The lowest BCUT2D eigenvalue weighted by atomic mass is 10.1. The molecule has 1 unspecified atom stereocenters. The molecule has 32 heavy (non-hydrogen) atoms. The number of rotatable bonds is 7. The molecule has 2 aromatic rings. The number of nitrogens with two attached hydrogens (primary N) is 1. The summed E-state index contributed by atoms with van der Waals surface area (Å²) in [5, 5.41) is 0. The number of imidazole rings is 1. The first-order valence-corrected chi connectivity index (χ1v) is 12.3. The van der Waals surface area contributed by atoms with Crippen LogP contribution in [0.5, 0.6) is 0 Å². The molecule has 6 nitrogen and oxygen atoms in total. The number of aryl methyl sites for hydroxylation is 1. The highest BCUT2D eigenvalue weighted by Gasteiger charge is 2.58. The van der Waals surface area contributed by atoms with Crippen LogP contribution < -0.4 is 5.73 Å². The topological polar surface area (TPSA) is 63.2 Å². The molecule has 0 aromatic carbocycles. The molecule has 4 atom stereocenters. The molecule has 2 N–H and O–H groups in total. The standard InChI is InChI=1S/C25H37FN6/c1-16(2)10-23-29-22(18-11-17(3)25(27)28-14-18)15-32(23)24-20-12-19(13-21(20)24)31-8-6-30(5-4-26)7-9-31/h11,14-16,19-21,24H,4-10,12-13H2,1-3H3,(H2,27,28)/t19?,20-,21+,24+. The number of nitrogens with zero attached hydrogens (tertiary/aromatic N) is 5. The number of halogens is 1. The molecule has 1 aliphatic heterocycles. The van der Waals surface area contributed by atoms with Crippen molar-refractivity contribution < 1.29 is 4.39 Å². The van der Waals surface area contributed by atoms with Crippen molar-refractivity contribution in [2.45, 2.75) is 52.1 Å². The second-order valence-corrected chi connectivity index (χ2v) is 10.5. The predicted molar refractivity (Wildman–Crippen MR) is 126 cm³/mol. The van der Waals surface area contributed by atoms with Gasteiger partial charge in [-0.05, 0) is 49.1 Å². The number of alkyl halides is 1. The molecule has 3 heterocycles. The molecular formula is C25H37FN6. The van der Waals surface area contributed by atoms with Crippen molar-refractivity contribution in [1.82, 2.24) is 24.3 Å². The van der Waals surface area contributed by atoms with Crippen LogP contribution in [0.4, 0.5) is 10.2 Å². The molecule has 2 aromatic heterocycles. The van der Waals surface area contributed by atoms with Gasteiger partial charge < -0.3 is 10.3 Å². The third-order valence-corrected chi connectivity index (χ3v) is 7.83. The molecule has 0 spiro atoms. The Hall–Kier alpha value is -1.99. The molecule has 1 saturated heterocycles. The second kappa shape index (κ2) is 8.75. The van der Waals surface area contributed by atoms with Gasteiger partial charge in [0.15, 0.2) is 0 Å². The SMILES string of the molecule is Cc1cc(-c2cn([C@H]3[C@@H]4CC(N5CCN(CCF)CC5)C[C@@H]43)c(CC(C)C)n2)cnc1N. The van der Waals surface area contributed by atoms with Crippen LogP contribution >= 0.6 is 0 Å². The fraction of sp³-hybridized carbons (Fsp3) is 0.680. The van der Waals surface area contributed by atoms with Gasteiger partial charge in [-0.1, -0.05) is 13.8 Å². The second-order valence-electron chi connectivity index (χ2n) is 10.5. The Morgan fingerprint density at radius 2 is 1.88 bits per heavy atom. The molecule has 0 bridgehead atoms. The van der Waals surface area contributed by atoms with Gasteiger partial charge in [-0.15, -0.1) is 0 Å². The lowest BCUT2D eigenvalue weighted by Crippen LogP contribution is -2.50. The van der Waals surface area contributed by atoms with E-state index in [-0.39, 0.29) is 6.67 Å². The first-order chi connectivity index (χ1) is 15.4. The Morgan fingerprint density at radius 3 is 2.50 bits per heavy atom. The number of aromatic nitrogens is 3. The average Bonchev–Trinajstić information content (AvgIpc) is 3.10. The molecule has 174 valence electrons. The smallest absolute Gasteiger partial charge is 0.126 e. The Labute approximate surface area is 191 Å². The minimum Gasteiger partial charge on any atom is -0.383 e. The van der Waals surface area contributed by atoms with Crippen molar-refractivity contribution in [3.05, 3.63) is 29.8 Å². The summed E-state index contributed by atoms with van der Waals surface area (Å²) in [4.78, 5) is 14.3. The van der Waals surface area contributed by atoms with E-state index in [9.17, 15) is 4.39 Å². The molecule has 2 aliphatic carbocycles. The number of hydrogen-bond acceptors (Lipinski definition) is 5. The van der Waals surface area contributed by atoms with Crippen molar-refractivity contribution in [3.63, 3.8) is 0 Å². The third kappa shape index (κ3) is 4.17. The zero-order valence-electron chi connectivity index (χ0n) is 19.7. The van der Waals surface area contributed by atoms with Crippen LogP contribution in [0.15, 0.2) is 18.5 Å². The highest BCUT2D eigenvalue weighted by Crippen LogP contribution is 2.62. The zero-order valence-corrected chi connectivity index (χ0v) is 19.7. The predicted octanol–water partition coefficient (Wildman–Crippen LogP) is 3.57. The van der Waals surface area contributed by atoms with E-state index in [0.29, 0.717) is 30.4 Å². The van der Waals surface area contributed by atoms with E-state index in [1.807, 2.05) is 13.1 Å². The van der Waals surface area contributed by atoms with Crippen LogP contribution in [0.25, 0.3) is 11.3 Å². The largest absolute Gasteiger partial charge is 0.383 e. The summed E-state index contributed by atoms with van der Waals surface area (Å²) >= 11 is 0. The van der Waals surface area contributed by atoms with Crippen molar-refractivity contribution in [3.8, 4) is 11.3 Å². The maximum Gasteiger partial charge on any atom is 0.126 e. The van der Waals surface area contributed by atoms with E-state index in [0.717, 1.165) is 61.3 Å². The summed E-state index contributed by atoms with van der Waals surface area (Å²) in [6, 6.07) is 3.40. The van der Waals surface area contributed by atoms with Gasteiger partial charge in [0.2, 0.25) is 0 Å². The van der Waals surface area contributed by atoms with Gasteiger partial charge in [0.05, 0.1) is 5.69 Å². The molecular weight excluding hydrogens is 403 g/mol. The minimum atomic E-state index is -0.229. The fourth-order valence-corrected chi connectivity index (χ4v) is 6.03. The minimum absolute atomic E-state index is 0.229. The van der Waals surface area contributed by atoms with Crippen molar-refractivity contribution in [2.24, 2.45) is 17.8 Å². The summed E-state index contributed by atoms with van der Waals surface area (Å²) in [6.45, 7) is 11.1. The molecule has 5 rings (SSSR count). The van der Waals surface area contributed by atoms with Crippen molar-refractivity contribution in [2.75, 3.05) is 45.1 Å². The van der Waals surface area contributed by atoms with E-state index >= 15 is 0 Å². The molecule has 3 aliphatic rings. The Balaban J connectivity index is 1.28. The molecule has 0 radical (unpaired) electrons. The Bertz CT molecular complexity index is 936. The van der Waals surface area contributed by atoms with E-state index in [1.54, 1.807) is 0 Å². The van der Waals surface area contributed by atoms with Crippen molar-refractivity contribution in [1.29, 1.82) is 0 Å². The first-order valence-electron chi connectivity index (χ1n) is 12.3. The summed E-state index contributed by atoms with van der Waals surface area (Å²) in [5.74, 6) is 3.90. The van der Waals surface area contributed by atoms with Gasteiger partial charge >= 0.3 is 0 Å². The number of nitrogen functional groups attached to an aromatic ring is 1. The normalized spacial score (nSPS) is 28.4. The van der Waals surface area contributed by atoms with Crippen LogP contribution in [-0.4, -0.2) is 69.8 Å². The fourth-order valence-electron chi connectivity index (χ4n) is 6.03. The van der Waals surface area contributed by atoms with Crippen LogP contribution in [-0.2, 0) is 6.42 Å². The Morgan fingerprint density at radius 1 is 1.16 bits per heavy atom. The van der Waals surface area contributed by atoms with Gasteiger partial charge in [0, 0.05) is 69.2 Å². The van der Waals surface area contributed by atoms with E-state index in [1.165, 1.54) is 18.7 Å². The molecule has 7 heteroatoms. The van der Waals surface area contributed by atoms with Gasteiger partial charge in [-0.2, -0.15) is 0 Å². The van der Waals surface area contributed by atoms with Gasteiger partial charge in [0.1, 0.15) is 18.3 Å². The summed E-state index contributed by atoms with van der Waals surface area (Å²) < 4.78 is 15.1. The molecule has 3 fully saturated rings. The highest BCUT2D eigenvalue weighted by atomic mass is 19.1. The monoisotopic (exact) mass is 440 g/mol. The maximum absolute atomic E-state index is 12.6. The van der Waals surface area contributed by atoms with Crippen LogP contribution in [0.3, 0.4) is 0 Å². The van der Waals surface area contributed by atoms with E-state index < -0.39 is 0 Å². The first kappa shape index (κ1) is 21.8. The number of piperazine rings is 1. The van der Waals surface area contributed by atoms with Gasteiger partial charge in [-0.3, -0.25) is 9.80 Å². The van der Waals surface area contributed by atoms with E-state index in [2.05, 4.69) is 45.5 Å². The number of pyridine rings is 1. The Kier molecular flexibility index (Phi) is 5.97.